The summed E-state index contributed by atoms with van der Waals surface area (Å²) in [7, 11) is 0. The smallest absolute Gasteiger partial charge is 0.272 e. The van der Waals surface area contributed by atoms with Crippen molar-refractivity contribution in [2.75, 3.05) is 0 Å². The molecule has 0 fully saturated rings. The molecule has 0 saturated carbocycles. The van der Waals surface area contributed by atoms with Gasteiger partial charge < -0.3 is 5.32 Å². The van der Waals surface area contributed by atoms with Gasteiger partial charge in [0.15, 0.2) is 5.69 Å². The summed E-state index contributed by atoms with van der Waals surface area (Å²) in [6.07, 6.45) is 6.26. The first-order chi connectivity index (χ1) is 14.7. The van der Waals surface area contributed by atoms with E-state index in [0.29, 0.717) is 12.2 Å². The van der Waals surface area contributed by atoms with Crippen LogP contribution in [0.3, 0.4) is 0 Å². The van der Waals surface area contributed by atoms with Crippen molar-refractivity contribution in [2.45, 2.75) is 25.8 Å². The highest BCUT2D eigenvalue weighted by atomic mass is 19.1. The summed E-state index contributed by atoms with van der Waals surface area (Å²) in [5.74, 6) is -0.499. The van der Waals surface area contributed by atoms with Crippen LogP contribution in [-0.4, -0.2) is 25.5 Å². The Morgan fingerprint density at radius 3 is 2.70 bits per heavy atom. The number of hydrogen-bond acceptors (Lipinski definition) is 3. The molecule has 5 rings (SSSR count). The zero-order valence-corrected chi connectivity index (χ0v) is 16.3. The first kappa shape index (κ1) is 18.3. The van der Waals surface area contributed by atoms with Crippen LogP contribution in [0.15, 0.2) is 67.0 Å². The number of amides is 1. The fourth-order valence-corrected chi connectivity index (χ4v) is 3.97. The van der Waals surface area contributed by atoms with Gasteiger partial charge in [0.25, 0.3) is 5.91 Å². The molecule has 30 heavy (non-hydrogen) atoms. The SMILES string of the molecule is O=C(NCc1ccccc1-n1cccn1)c1nn(-c2ccc(F)cc2)c2c1CCC2. The topological polar surface area (TPSA) is 64.7 Å². The van der Waals surface area contributed by atoms with Crippen LogP contribution in [0.25, 0.3) is 11.4 Å². The van der Waals surface area contributed by atoms with Crippen molar-refractivity contribution in [1.29, 1.82) is 0 Å². The van der Waals surface area contributed by atoms with E-state index in [1.54, 1.807) is 27.7 Å². The van der Waals surface area contributed by atoms with Crippen molar-refractivity contribution in [3.63, 3.8) is 0 Å². The largest absolute Gasteiger partial charge is 0.346 e. The molecule has 2 aromatic heterocycles. The number of nitrogens with zero attached hydrogens (tertiary/aromatic N) is 4. The number of nitrogens with one attached hydrogen (secondary N) is 1. The number of para-hydroxylation sites is 1. The van der Waals surface area contributed by atoms with Crippen molar-refractivity contribution in [1.82, 2.24) is 24.9 Å². The molecule has 0 aliphatic heterocycles. The molecular weight excluding hydrogens is 381 g/mol. The lowest BCUT2D eigenvalue weighted by molar-refractivity contribution is 0.0944. The van der Waals surface area contributed by atoms with Gasteiger partial charge in [0.1, 0.15) is 5.82 Å². The van der Waals surface area contributed by atoms with Gasteiger partial charge in [0, 0.05) is 30.2 Å². The van der Waals surface area contributed by atoms with Crippen LogP contribution >= 0.6 is 0 Å². The zero-order valence-electron chi connectivity index (χ0n) is 16.3. The summed E-state index contributed by atoms with van der Waals surface area (Å²) in [5, 5.41) is 11.9. The van der Waals surface area contributed by atoms with Crippen molar-refractivity contribution in [2.24, 2.45) is 0 Å². The van der Waals surface area contributed by atoms with E-state index in [1.807, 2.05) is 36.5 Å². The number of carbonyl (C=O) groups is 1. The van der Waals surface area contributed by atoms with Crippen LogP contribution in [0.1, 0.15) is 33.7 Å². The van der Waals surface area contributed by atoms with Gasteiger partial charge in [-0.2, -0.15) is 10.2 Å². The predicted molar refractivity (Wildman–Crippen MR) is 110 cm³/mol. The predicted octanol–water partition coefficient (Wildman–Crippen LogP) is 3.62. The summed E-state index contributed by atoms with van der Waals surface area (Å²) < 4.78 is 16.9. The molecule has 0 unspecified atom stereocenters. The minimum absolute atomic E-state index is 0.204. The van der Waals surface area contributed by atoms with Gasteiger partial charge in [0.05, 0.1) is 11.4 Å². The molecule has 0 saturated heterocycles. The van der Waals surface area contributed by atoms with Crippen LogP contribution in [0.2, 0.25) is 0 Å². The lowest BCUT2D eigenvalue weighted by Crippen LogP contribution is -2.25. The summed E-state index contributed by atoms with van der Waals surface area (Å²) >= 11 is 0. The Kier molecular flexibility index (Phi) is 4.63. The Morgan fingerprint density at radius 2 is 1.90 bits per heavy atom. The minimum Gasteiger partial charge on any atom is -0.346 e. The summed E-state index contributed by atoms with van der Waals surface area (Å²) in [6, 6.07) is 15.9. The number of carbonyl (C=O) groups excluding carboxylic acids is 1. The third-order valence-corrected chi connectivity index (χ3v) is 5.40. The Hall–Kier alpha value is -3.74. The molecule has 2 heterocycles. The number of aromatic nitrogens is 4. The second-order valence-electron chi connectivity index (χ2n) is 7.28. The lowest BCUT2D eigenvalue weighted by atomic mass is 10.1. The van der Waals surface area contributed by atoms with Crippen LogP contribution < -0.4 is 5.32 Å². The fraction of sp³-hybridized carbons (Fsp3) is 0.174. The van der Waals surface area contributed by atoms with E-state index >= 15 is 0 Å². The molecule has 1 aliphatic rings. The average molecular weight is 401 g/mol. The van der Waals surface area contributed by atoms with Gasteiger partial charge >= 0.3 is 0 Å². The highest BCUT2D eigenvalue weighted by Gasteiger charge is 2.27. The minimum atomic E-state index is -0.295. The molecule has 0 bridgehead atoms. The summed E-state index contributed by atoms with van der Waals surface area (Å²) in [5.41, 5.74) is 5.11. The Morgan fingerprint density at radius 1 is 1.07 bits per heavy atom. The van der Waals surface area contributed by atoms with Crippen molar-refractivity contribution < 1.29 is 9.18 Å². The quantitative estimate of drug-likeness (QED) is 0.556. The number of hydrogen-bond donors (Lipinski definition) is 1. The standard InChI is InChI=1S/C23H20FN5O/c24-17-9-11-18(12-10-17)29-21-8-3-6-19(21)22(27-29)23(30)25-15-16-5-1-2-7-20(16)28-14-4-13-26-28/h1-2,4-5,7,9-14H,3,6,8,15H2,(H,25,30). The van der Waals surface area contributed by atoms with Crippen molar-refractivity contribution >= 4 is 5.91 Å². The molecule has 1 amide bonds. The molecule has 7 heteroatoms. The van der Waals surface area contributed by atoms with Gasteiger partial charge in [-0.3, -0.25) is 4.79 Å². The molecule has 4 aromatic rings. The van der Waals surface area contributed by atoms with E-state index < -0.39 is 0 Å². The van der Waals surface area contributed by atoms with Crippen LogP contribution in [0.5, 0.6) is 0 Å². The zero-order chi connectivity index (χ0) is 20.5. The maximum absolute atomic E-state index is 13.3. The first-order valence-electron chi connectivity index (χ1n) is 9.93. The highest BCUT2D eigenvalue weighted by molar-refractivity contribution is 5.94. The van der Waals surface area contributed by atoms with E-state index in [9.17, 15) is 9.18 Å². The van der Waals surface area contributed by atoms with Gasteiger partial charge in [-0.05, 0) is 61.2 Å². The Bertz CT molecular complexity index is 1200. The molecule has 0 spiro atoms. The second kappa shape index (κ2) is 7.59. The molecule has 0 radical (unpaired) electrons. The monoisotopic (exact) mass is 401 g/mol. The summed E-state index contributed by atoms with van der Waals surface area (Å²) in [6.45, 7) is 0.368. The normalized spacial score (nSPS) is 12.7. The number of fused-ring (bicyclic) bond motifs is 1. The van der Waals surface area contributed by atoms with Gasteiger partial charge in [0.2, 0.25) is 0 Å². The van der Waals surface area contributed by atoms with Crippen molar-refractivity contribution in [3.8, 4) is 11.4 Å². The van der Waals surface area contributed by atoms with Crippen LogP contribution in [0.4, 0.5) is 4.39 Å². The molecule has 6 nitrogen and oxygen atoms in total. The maximum atomic E-state index is 13.3. The molecule has 2 aromatic carbocycles. The Labute approximate surface area is 173 Å². The van der Waals surface area contributed by atoms with Gasteiger partial charge in [-0.25, -0.2) is 13.8 Å². The Balaban J connectivity index is 1.41. The fourth-order valence-electron chi connectivity index (χ4n) is 3.97. The second-order valence-corrected chi connectivity index (χ2v) is 7.28. The van der Waals surface area contributed by atoms with Crippen LogP contribution in [-0.2, 0) is 19.4 Å². The van der Waals surface area contributed by atoms with E-state index in [-0.39, 0.29) is 11.7 Å². The molecular formula is C23H20FN5O. The van der Waals surface area contributed by atoms with E-state index in [0.717, 1.165) is 47.5 Å². The number of rotatable bonds is 5. The first-order valence-corrected chi connectivity index (χ1v) is 9.93. The van der Waals surface area contributed by atoms with Gasteiger partial charge in [-0.15, -0.1) is 0 Å². The van der Waals surface area contributed by atoms with E-state index in [2.05, 4.69) is 15.5 Å². The molecule has 1 aliphatic carbocycles. The third-order valence-electron chi connectivity index (χ3n) is 5.40. The van der Waals surface area contributed by atoms with Crippen molar-refractivity contribution in [3.05, 3.63) is 95.3 Å². The van der Waals surface area contributed by atoms with E-state index in [4.69, 9.17) is 0 Å². The number of halogens is 1. The maximum Gasteiger partial charge on any atom is 0.272 e. The average Bonchev–Trinajstić information content (AvgIpc) is 3.51. The van der Waals surface area contributed by atoms with Gasteiger partial charge in [-0.1, -0.05) is 18.2 Å². The molecule has 150 valence electrons. The summed E-state index contributed by atoms with van der Waals surface area (Å²) in [4.78, 5) is 13.0. The lowest BCUT2D eigenvalue weighted by Gasteiger charge is -2.10. The van der Waals surface area contributed by atoms with Crippen LogP contribution in [0, 0.1) is 5.82 Å². The highest BCUT2D eigenvalue weighted by Crippen LogP contribution is 2.28. The molecule has 1 N–H and O–H groups in total. The molecule has 0 atom stereocenters. The third kappa shape index (κ3) is 3.28. The number of benzene rings is 2. The van der Waals surface area contributed by atoms with E-state index in [1.165, 1.54) is 12.1 Å².